The monoisotopic (exact) mass is 286 g/mol. The topological polar surface area (TPSA) is 73.0 Å². The molecule has 0 unspecified atom stereocenters. The van der Waals surface area contributed by atoms with Crippen LogP contribution >= 0.6 is 23.2 Å². The lowest BCUT2D eigenvalue weighted by molar-refractivity contribution is -0.383. The van der Waals surface area contributed by atoms with Crippen LogP contribution in [0.1, 0.15) is 0 Å². The summed E-state index contributed by atoms with van der Waals surface area (Å²) >= 11 is 11.6. The molecule has 94 valence electrons. The second kappa shape index (κ2) is 4.83. The summed E-state index contributed by atoms with van der Waals surface area (Å²) in [6, 6.07) is 4.29. The number of nitrogens with zero attached hydrogens (tertiary/aromatic N) is 3. The molecule has 0 aliphatic rings. The second-order valence-electron chi connectivity index (χ2n) is 3.54. The molecular weight excluding hydrogens is 279 g/mol. The van der Waals surface area contributed by atoms with Gasteiger partial charge in [0.2, 0.25) is 0 Å². The van der Waals surface area contributed by atoms with E-state index in [2.05, 4.69) is 10.4 Å². The molecule has 0 atom stereocenters. The fourth-order valence-electron chi connectivity index (χ4n) is 1.41. The zero-order chi connectivity index (χ0) is 13.3. The average molecular weight is 287 g/mol. The molecule has 0 saturated heterocycles. The van der Waals surface area contributed by atoms with E-state index in [1.807, 2.05) is 0 Å². The van der Waals surface area contributed by atoms with Crippen LogP contribution in [0.4, 0.5) is 17.2 Å². The summed E-state index contributed by atoms with van der Waals surface area (Å²) < 4.78 is 1.58. The maximum absolute atomic E-state index is 10.9. The van der Waals surface area contributed by atoms with Crippen LogP contribution in [0.2, 0.25) is 10.0 Å². The Balaban J connectivity index is 2.42. The number of hydrogen-bond acceptors (Lipinski definition) is 4. The first kappa shape index (κ1) is 12.7. The molecule has 1 aromatic heterocycles. The summed E-state index contributed by atoms with van der Waals surface area (Å²) in [7, 11) is 1.74. The van der Waals surface area contributed by atoms with Gasteiger partial charge >= 0.3 is 0 Å². The molecule has 0 fully saturated rings. The number of nitro groups is 1. The van der Waals surface area contributed by atoms with Crippen LogP contribution < -0.4 is 5.32 Å². The Hall–Kier alpha value is -1.79. The van der Waals surface area contributed by atoms with E-state index in [1.165, 1.54) is 12.1 Å². The number of hydrogen-bond donors (Lipinski definition) is 1. The molecule has 0 spiro atoms. The quantitative estimate of drug-likeness (QED) is 0.693. The highest BCUT2D eigenvalue weighted by atomic mass is 35.5. The molecule has 0 bridgehead atoms. The van der Waals surface area contributed by atoms with Gasteiger partial charge in [-0.15, -0.1) is 0 Å². The molecule has 0 saturated carbocycles. The first-order valence-electron chi connectivity index (χ1n) is 4.87. The van der Waals surface area contributed by atoms with E-state index < -0.39 is 4.92 Å². The Morgan fingerprint density at radius 3 is 2.61 bits per heavy atom. The van der Waals surface area contributed by atoms with Gasteiger partial charge in [-0.3, -0.25) is 14.8 Å². The molecule has 2 aromatic rings. The maximum Gasteiger partial charge on any atom is 0.294 e. The number of halogens is 2. The lowest BCUT2D eigenvalue weighted by Gasteiger charge is -2.05. The largest absolute Gasteiger partial charge is 0.333 e. The van der Waals surface area contributed by atoms with Gasteiger partial charge in [-0.2, -0.15) is 5.10 Å². The van der Waals surface area contributed by atoms with Gasteiger partial charge in [-0.1, -0.05) is 23.2 Å². The third kappa shape index (κ3) is 2.55. The van der Waals surface area contributed by atoms with Crippen molar-refractivity contribution in [3.05, 3.63) is 44.6 Å². The first-order chi connectivity index (χ1) is 8.47. The Bertz CT molecular complexity index is 612. The predicted molar refractivity (Wildman–Crippen MR) is 69.6 cm³/mol. The van der Waals surface area contributed by atoms with Crippen molar-refractivity contribution in [3.63, 3.8) is 0 Å². The summed E-state index contributed by atoms with van der Waals surface area (Å²) in [4.78, 5) is 10.4. The van der Waals surface area contributed by atoms with Crippen LogP contribution in [-0.2, 0) is 7.05 Å². The van der Waals surface area contributed by atoms with Crippen molar-refractivity contribution < 1.29 is 4.92 Å². The van der Waals surface area contributed by atoms with Crippen LogP contribution in [0.3, 0.4) is 0 Å². The van der Waals surface area contributed by atoms with Gasteiger partial charge in [0, 0.05) is 25.4 Å². The van der Waals surface area contributed by atoms with Gasteiger partial charge < -0.3 is 5.32 Å². The fourth-order valence-corrected chi connectivity index (χ4v) is 1.73. The molecule has 1 aromatic carbocycles. The third-order valence-corrected chi connectivity index (χ3v) is 2.93. The van der Waals surface area contributed by atoms with Gasteiger partial charge in [0.05, 0.1) is 15.0 Å². The van der Waals surface area contributed by atoms with E-state index in [0.29, 0.717) is 5.82 Å². The number of benzene rings is 1. The molecule has 0 amide bonds. The summed E-state index contributed by atoms with van der Waals surface area (Å²) in [6.07, 6.45) is 1.71. The zero-order valence-corrected chi connectivity index (χ0v) is 10.7. The minimum Gasteiger partial charge on any atom is -0.333 e. The number of anilines is 2. The molecule has 6 nitrogen and oxygen atoms in total. The molecule has 1 heterocycles. The van der Waals surface area contributed by atoms with Crippen molar-refractivity contribution in [1.82, 2.24) is 9.78 Å². The summed E-state index contributed by atoms with van der Waals surface area (Å²) in [5.41, 5.74) is 0.0863. The second-order valence-corrected chi connectivity index (χ2v) is 4.35. The molecule has 8 heteroatoms. The number of aryl methyl sites for hydroxylation is 1. The molecule has 1 N–H and O–H groups in total. The highest BCUT2D eigenvalue weighted by Crippen LogP contribution is 2.35. The number of nitro benzene ring substituents is 1. The smallest absolute Gasteiger partial charge is 0.294 e. The van der Waals surface area contributed by atoms with E-state index in [9.17, 15) is 10.1 Å². The highest BCUT2D eigenvalue weighted by Gasteiger charge is 2.17. The number of rotatable bonds is 3. The van der Waals surface area contributed by atoms with Crippen LogP contribution in [0, 0.1) is 10.1 Å². The van der Waals surface area contributed by atoms with Gasteiger partial charge in [0.1, 0.15) is 5.69 Å². The Morgan fingerprint density at radius 2 is 2.06 bits per heavy atom. The Morgan fingerprint density at radius 1 is 1.39 bits per heavy atom. The van der Waals surface area contributed by atoms with Crippen molar-refractivity contribution >= 4 is 40.4 Å². The van der Waals surface area contributed by atoms with Crippen molar-refractivity contribution in [3.8, 4) is 0 Å². The summed E-state index contributed by atoms with van der Waals surface area (Å²) in [5, 5.41) is 18.2. The van der Waals surface area contributed by atoms with E-state index in [4.69, 9.17) is 23.2 Å². The van der Waals surface area contributed by atoms with E-state index in [0.717, 1.165) is 0 Å². The minimum atomic E-state index is -0.534. The van der Waals surface area contributed by atoms with Gasteiger partial charge in [-0.05, 0) is 6.07 Å². The Kier molecular flexibility index (Phi) is 3.40. The van der Waals surface area contributed by atoms with Crippen molar-refractivity contribution in [2.24, 2.45) is 7.05 Å². The van der Waals surface area contributed by atoms with Crippen LogP contribution in [0.5, 0.6) is 0 Å². The van der Waals surface area contributed by atoms with E-state index in [1.54, 1.807) is 24.0 Å². The van der Waals surface area contributed by atoms with E-state index >= 15 is 0 Å². The molecular formula is C10H8Cl2N4O2. The van der Waals surface area contributed by atoms with Gasteiger partial charge in [0.25, 0.3) is 5.69 Å². The number of nitrogens with one attached hydrogen (secondary N) is 1. The lowest BCUT2D eigenvalue weighted by Crippen LogP contribution is -1.98. The molecule has 18 heavy (non-hydrogen) atoms. The van der Waals surface area contributed by atoms with Gasteiger partial charge in [-0.25, -0.2) is 0 Å². The van der Waals surface area contributed by atoms with Crippen LogP contribution in [0.15, 0.2) is 24.4 Å². The van der Waals surface area contributed by atoms with Gasteiger partial charge in [0.15, 0.2) is 5.82 Å². The lowest BCUT2D eigenvalue weighted by atomic mass is 10.2. The standard InChI is InChI=1S/C10H8Cl2N4O2/c1-15-3-2-10(14-15)13-8-4-6(11)7(12)5-9(8)16(17)18/h2-5H,1H3,(H,13,14). The molecule has 0 aliphatic carbocycles. The molecule has 0 radical (unpaired) electrons. The molecule has 2 rings (SSSR count). The highest BCUT2D eigenvalue weighted by molar-refractivity contribution is 6.42. The summed E-state index contributed by atoms with van der Waals surface area (Å²) in [6.45, 7) is 0. The maximum atomic E-state index is 10.9. The van der Waals surface area contributed by atoms with E-state index in [-0.39, 0.29) is 21.4 Å². The SMILES string of the molecule is Cn1ccc(Nc2cc(Cl)c(Cl)cc2[N+](=O)[O-])n1. The molecule has 0 aliphatic heterocycles. The van der Waals surface area contributed by atoms with Crippen LogP contribution in [-0.4, -0.2) is 14.7 Å². The van der Waals surface area contributed by atoms with Crippen molar-refractivity contribution in [2.75, 3.05) is 5.32 Å². The average Bonchev–Trinajstić information content (AvgIpc) is 2.68. The predicted octanol–water partition coefficient (Wildman–Crippen LogP) is 3.38. The summed E-state index contributed by atoms with van der Waals surface area (Å²) in [5.74, 6) is 0.485. The normalized spacial score (nSPS) is 10.4. The minimum absolute atomic E-state index is 0.134. The fraction of sp³-hybridized carbons (Fsp3) is 0.100. The van der Waals surface area contributed by atoms with Crippen molar-refractivity contribution in [2.45, 2.75) is 0 Å². The van der Waals surface area contributed by atoms with Crippen molar-refractivity contribution in [1.29, 1.82) is 0 Å². The number of aromatic nitrogens is 2. The van der Waals surface area contributed by atoms with Crippen LogP contribution in [0.25, 0.3) is 0 Å². The first-order valence-corrected chi connectivity index (χ1v) is 5.63. The zero-order valence-electron chi connectivity index (χ0n) is 9.22. The third-order valence-electron chi connectivity index (χ3n) is 2.21. The Labute approximate surface area is 112 Å².